The first kappa shape index (κ1) is 21.2. The Kier molecular flexibility index (Phi) is 6.68. The Morgan fingerprint density at radius 2 is 1.79 bits per heavy atom. The number of carbonyl (C=O) groups excluding carboxylic acids is 2. The fraction of sp³-hybridized carbons (Fsp3) is 0.235. The quantitative estimate of drug-likeness (QED) is 0.288. The summed E-state index contributed by atoms with van der Waals surface area (Å²) >= 11 is 6.10. The molecular weight excluding hydrogens is 413 g/mol. The second kappa shape index (κ2) is 8.85. The predicted octanol–water partition coefficient (Wildman–Crippen LogP) is 1.49. The Hall–Kier alpha value is -1.56. The Balaban J connectivity index is 0.00000225. The fourth-order valence-electron chi connectivity index (χ4n) is 2.87. The van der Waals surface area contributed by atoms with Crippen LogP contribution in [0.5, 0.6) is 0 Å². The molecule has 139 valence electrons. The maximum Gasteiger partial charge on any atom is 0.323 e. The number of nitrogens with zero attached hydrogens (tertiary/aromatic N) is 4. The van der Waals surface area contributed by atoms with Crippen LogP contribution < -0.4 is 5.73 Å². The zero-order valence-electron chi connectivity index (χ0n) is 14.9. The van der Waals surface area contributed by atoms with Crippen LogP contribution in [0.4, 0.5) is 5.95 Å². The van der Waals surface area contributed by atoms with Gasteiger partial charge in [-0.1, -0.05) is 41.9 Å². The first-order valence-electron chi connectivity index (χ1n) is 8.12. The number of cyclic esters (lactones) is 2. The van der Waals surface area contributed by atoms with E-state index in [1.165, 1.54) is 6.33 Å². The van der Waals surface area contributed by atoms with Crippen molar-refractivity contribution in [1.82, 2.24) is 19.5 Å². The number of rotatable bonds is 4. The second-order valence-corrected chi connectivity index (χ2v) is 6.30. The summed E-state index contributed by atoms with van der Waals surface area (Å²) in [6.45, 7) is 0.272. The predicted molar refractivity (Wildman–Crippen MR) is 100.0 cm³/mol. The number of aryl methyl sites for hydroxylation is 1. The minimum absolute atomic E-state index is 0. The van der Waals surface area contributed by atoms with Crippen LogP contribution in [0.3, 0.4) is 0 Å². The molecule has 2 aromatic heterocycles. The summed E-state index contributed by atoms with van der Waals surface area (Å²) in [6.07, 6.45) is 0.629. The number of nitrogens with two attached hydrogens (primary N) is 1. The van der Waals surface area contributed by atoms with Crippen LogP contribution >= 0.6 is 11.6 Å². The summed E-state index contributed by atoms with van der Waals surface area (Å²) in [5.41, 5.74) is 6.96. The molecule has 3 heterocycles. The van der Waals surface area contributed by atoms with Gasteiger partial charge < -0.3 is 19.8 Å². The van der Waals surface area contributed by atoms with Crippen molar-refractivity contribution in [2.75, 3.05) is 5.73 Å². The molecule has 0 unspecified atom stereocenters. The molecular formula is C17H14ClKN5O4. The van der Waals surface area contributed by atoms with Crippen molar-refractivity contribution in [2.24, 2.45) is 5.92 Å². The molecule has 1 saturated heterocycles. The number of hydrogen-bond donors (Lipinski definition) is 1. The average Bonchev–Trinajstić information content (AvgIpc) is 3.04. The number of ether oxygens (including phenoxy) is 2. The first-order chi connectivity index (χ1) is 13.0. The van der Waals surface area contributed by atoms with Gasteiger partial charge in [-0.2, -0.15) is 9.97 Å². The van der Waals surface area contributed by atoms with E-state index in [4.69, 9.17) is 26.8 Å². The van der Waals surface area contributed by atoms with E-state index in [1.807, 2.05) is 6.07 Å². The first-order valence-corrected chi connectivity index (χ1v) is 8.50. The van der Waals surface area contributed by atoms with E-state index in [0.29, 0.717) is 16.7 Å². The number of fused-ring (bicyclic) bond motifs is 1. The molecule has 0 amide bonds. The zero-order valence-corrected chi connectivity index (χ0v) is 18.8. The molecule has 0 bridgehead atoms. The molecule has 2 N–H and O–H groups in total. The van der Waals surface area contributed by atoms with E-state index in [0.717, 1.165) is 0 Å². The van der Waals surface area contributed by atoms with Crippen LogP contribution in [0.15, 0.2) is 36.7 Å². The fourth-order valence-corrected chi connectivity index (χ4v) is 3.15. The van der Waals surface area contributed by atoms with Crippen LogP contribution in [-0.4, -0.2) is 82.8 Å². The molecule has 1 aromatic carbocycles. The van der Waals surface area contributed by atoms with Gasteiger partial charge in [0.25, 0.3) is 6.29 Å². The number of aromatic nitrogens is 4. The smallest absolute Gasteiger partial charge is 0.323 e. The third-order valence-corrected chi connectivity index (χ3v) is 4.46. The third kappa shape index (κ3) is 4.21. The van der Waals surface area contributed by atoms with Gasteiger partial charge in [-0.3, -0.25) is 9.59 Å². The van der Waals surface area contributed by atoms with Gasteiger partial charge in [0.05, 0.1) is 6.33 Å². The maximum absolute atomic E-state index is 12.3. The number of esters is 2. The van der Waals surface area contributed by atoms with E-state index >= 15 is 0 Å². The largest absolute Gasteiger partial charge is 0.420 e. The molecule has 1 fully saturated rings. The molecule has 1 aliphatic heterocycles. The van der Waals surface area contributed by atoms with E-state index in [2.05, 4.69) is 15.0 Å². The van der Waals surface area contributed by atoms with Crippen LogP contribution in [-0.2, 0) is 25.6 Å². The van der Waals surface area contributed by atoms with Crippen molar-refractivity contribution < 1.29 is 19.1 Å². The van der Waals surface area contributed by atoms with Gasteiger partial charge in [-0.25, -0.2) is 4.98 Å². The number of benzene rings is 1. The third-order valence-electron chi connectivity index (χ3n) is 4.19. The molecule has 0 atom stereocenters. The SMILES string of the molecule is Nc1nc(Cl)c2c(ncn2CCC2C(=O)OC(c3ccccc3)OC2=O)n1.[K]. The number of halogens is 1. The van der Waals surface area contributed by atoms with Gasteiger partial charge in [0.2, 0.25) is 5.95 Å². The van der Waals surface area contributed by atoms with E-state index in [-0.39, 0.29) is 75.5 Å². The van der Waals surface area contributed by atoms with Gasteiger partial charge in [-0.05, 0) is 6.42 Å². The molecule has 28 heavy (non-hydrogen) atoms. The van der Waals surface area contributed by atoms with Gasteiger partial charge in [0, 0.05) is 63.5 Å². The Morgan fingerprint density at radius 1 is 1.11 bits per heavy atom. The number of nitrogen functional groups attached to an aromatic ring is 1. The van der Waals surface area contributed by atoms with Crippen molar-refractivity contribution in [3.05, 3.63) is 47.4 Å². The number of anilines is 1. The van der Waals surface area contributed by atoms with Crippen molar-refractivity contribution >= 4 is 92.0 Å². The summed E-state index contributed by atoms with van der Waals surface area (Å²) in [7, 11) is 0. The summed E-state index contributed by atoms with van der Waals surface area (Å²) in [6, 6.07) is 8.79. The summed E-state index contributed by atoms with van der Waals surface area (Å²) in [5, 5.41) is 0.146. The molecule has 0 spiro atoms. The van der Waals surface area contributed by atoms with Crippen molar-refractivity contribution in [3.63, 3.8) is 0 Å². The van der Waals surface area contributed by atoms with Crippen LogP contribution in [0.2, 0.25) is 5.15 Å². The number of carbonyl (C=O) groups is 2. The van der Waals surface area contributed by atoms with Gasteiger partial charge in [0.1, 0.15) is 5.52 Å². The van der Waals surface area contributed by atoms with E-state index in [1.54, 1.807) is 28.8 Å². The monoisotopic (exact) mass is 426 g/mol. The zero-order chi connectivity index (χ0) is 19.0. The summed E-state index contributed by atoms with van der Waals surface area (Å²) < 4.78 is 12.2. The molecule has 3 aromatic rings. The summed E-state index contributed by atoms with van der Waals surface area (Å²) in [4.78, 5) is 36.6. The van der Waals surface area contributed by atoms with Crippen molar-refractivity contribution in [1.29, 1.82) is 0 Å². The average molecular weight is 427 g/mol. The molecule has 1 radical (unpaired) electrons. The molecule has 4 rings (SSSR count). The van der Waals surface area contributed by atoms with Gasteiger partial charge in [-0.15, -0.1) is 0 Å². The van der Waals surface area contributed by atoms with E-state index < -0.39 is 24.1 Å². The maximum atomic E-state index is 12.3. The minimum Gasteiger partial charge on any atom is -0.420 e. The molecule has 0 saturated carbocycles. The number of hydrogen-bond acceptors (Lipinski definition) is 8. The van der Waals surface area contributed by atoms with Gasteiger partial charge in [0.15, 0.2) is 16.7 Å². The van der Waals surface area contributed by atoms with Crippen LogP contribution in [0, 0.1) is 5.92 Å². The Morgan fingerprint density at radius 3 is 2.46 bits per heavy atom. The molecule has 1 aliphatic rings. The normalized spacial score (nSPS) is 19.0. The Labute approximate surface area is 207 Å². The van der Waals surface area contributed by atoms with E-state index in [9.17, 15) is 9.59 Å². The minimum atomic E-state index is -1.03. The Bertz CT molecular complexity index is 1010. The topological polar surface area (TPSA) is 122 Å². The summed E-state index contributed by atoms with van der Waals surface area (Å²) in [5.74, 6) is -2.27. The standard InChI is InChI=1S/C17H14ClN5O4.K/c18-12-11-13(22-17(19)21-12)20-8-23(11)7-6-10-14(24)26-16(27-15(10)25)9-4-2-1-3-5-9;/h1-5,8,10,16H,6-7H2,(H2,19,21,22);. The second-order valence-electron chi connectivity index (χ2n) is 5.94. The van der Waals surface area contributed by atoms with Crippen molar-refractivity contribution in [3.8, 4) is 0 Å². The van der Waals surface area contributed by atoms with Crippen molar-refractivity contribution in [2.45, 2.75) is 19.3 Å². The molecule has 11 heteroatoms. The number of imidazole rings is 1. The molecule has 0 aliphatic carbocycles. The van der Waals surface area contributed by atoms with Gasteiger partial charge >= 0.3 is 11.9 Å². The molecule has 9 nitrogen and oxygen atoms in total. The van der Waals surface area contributed by atoms with Crippen LogP contribution in [0.1, 0.15) is 18.3 Å². The van der Waals surface area contributed by atoms with Crippen LogP contribution in [0.25, 0.3) is 11.2 Å².